The number of likely N-dealkylation sites (tertiary alicyclic amines) is 1. The van der Waals surface area contributed by atoms with E-state index in [0.717, 1.165) is 11.1 Å². The van der Waals surface area contributed by atoms with E-state index < -0.39 is 83.9 Å². The Morgan fingerprint density at radius 3 is 1.98 bits per heavy atom. The molecular weight excluding hydrogens is 763 g/mol. The summed E-state index contributed by atoms with van der Waals surface area (Å²) in [5.41, 5.74) is 6.25. The summed E-state index contributed by atoms with van der Waals surface area (Å²) in [5.74, 6) is -3.03. The molecule has 1 fully saturated rings. The third-order valence-corrected chi connectivity index (χ3v) is 10.2. The van der Waals surface area contributed by atoms with Crippen molar-refractivity contribution < 1.29 is 38.3 Å². The zero-order valence-electron chi connectivity index (χ0n) is 34.7. The van der Waals surface area contributed by atoms with Crippen molar-refractivity contribution in [1.82, 2.24) is 31.1 Å². The molecule has 2 aromatic carbocycles. The van der Waals surface area contributed by atoms with Crippen LogP contribution in [0, 0.1) is 5.92 Å². The summed E-state index contributed by atoms with van der Waals surface area (Å²) in [6.07, 6.45) is 3.01. The first-order valence-electron chi connectivity index (χ1n) is 19.7. The number of nitrogens with two attached hydrogens (primary N) is 1. The van der Waals surface area contributed by atoms with Crippen LogP contribution in [0.4, 0.5) is 4.79 Å². The van der Waals surface area contributed by atoms with E-state index in [0.29, 0.717) is 31.6 Å². The maximum atomic E-state index is 14.3. The monoisotopic (exact) mass is 823 g/mol. The number of carbonyl (C=O) groups is 7. The van der Waals surface area contributed by atoms with Crippen LogP contribution in [-0.4, -0.2) is 119 Å². The van der Waals surface area contributed by atoms with Gasteiger partial charge in [-0.2, -0.15) is 11.8 Å². The van der Waals surface area contributed by atoms with Gasteiger partial charge in [0.15, 0.2) is 0 Å². The largest absolute Gasteiger partial charge is 0.444 e. The van der Waals surface area contributed by atoms with Crippen LogP contribution in [0.3, 0.4) is 0 Å². The lowest BCUT2D eigenvalue weighted by atomic mass is 10.0. The molecule has 0 aromatic heterocycles. The number of carbonyl (C=O) groups excluding carboxylic acids is 7. The topological polar surface area (TPSA) is 209 Å². The molecule has 1 aliphatic rings. The third-order valence-electron chi connectivity index (χ3n) is 9.52. The first kappa shape index (κ1) is 47.3. The fourth-order valence-electron chi connectivity index (χ4n) is 6.55. The molecule has 0 saturated carbocycles. The fraction of sp³-hybridized carbons (Fsp3) is 0.548. The van der Waals surface area contributed by atoms with Crippen LogP contribution in [0.2, 0.25) is 0 Å². The minimum atomic E-state index is -1.17. The molecule has 1 heterocycles. The van der Waals surface area contributed by atoms with Crippen LogP contribution in [0.25, 0.3) is 0 Å². The van der Waals surface area contributed by atoms with Gasteiger partial charge >= 0.3 is 6.09 Å². The Morgan fingerprint density at radius 1 is 0.845 bits per heavy atom. The molecule has 7 amide bonds. The van der Waals surface area contributed by atoms with Gasteiger partial charge in [0.25, 0.3) is 0 Å². The van der Waals surface area contributed by atoms with Gasteiger partial charge in [-0.15, -0.1) is 0 Å². The average molecular weight is 824 g/mol. The van der Waals surface area contributed by atoms with Gasteiger partial charge in [0.05, 0.1) is 6.54 Å². The molecule has 0 spiro atoms. The molecule has 58 heavy (non-hydrogen) atoms. The molecule has 16 heteroatoms. The number of nitrogens with one attached hydrogen (secondary N) is 4. The number of likely N-dealkylation sites (N-methyl/N-ethyl adjacent to an activating group) is 1. The van der Waals surface area contributed by atoms with Gasteiger partial charge in [-0.1, -0.05) is 74.5 Å². The highest BCUT2D eigenvalue weighted by molar-refractivity contribution is 7.98. The SMILES string of the molecule is CSCC[C@H](NC(=O)[C@H](CC(C)C)NC(=O)CNC(=O)[C@H](Cc1ccccc1)NC(=O)[C@H](Cc1ccccc1)N(C)C(=O)[C@@H]1CCCN1C(=O)OC(C)(C)C)C(N)=O. The molecule has 15 nitrogen and oxygen atoms in total. The summed E-state index contributed by atoms with van der Waals surface area (Å²) in [6, 6.07) is 13.2. The van der Waals surface area contributed by atoms with E-state index in [2.05, 4.69) is 21.3 Å². The number of amides is 7. The first-order chi connectivity index (χ1) is 27.4. The average Bonchev–Trinajstić information content (AvgIpc) is 3.67. The highest BCUT2D eigenvalue weighted by Gasteiger charge is 2.41. The number of benzene rings is 2. The molecular formula is C42H61N7O8S. The van der Waals surface area contributed by atoms with Crippen molar-refractivity contribution in [2.24, 2.45) is 11.7 Å². The number of ether oxygens (including phenoxy) is 1. The molecule has 6 N–H and O–H groups in total. The standard InChI is InChI=1S/C42H61N7O8S/c1-27(2)23-31(38(53)46-30(36(43)51)20-22-58-7)45-35(50)26-44-37(52)32(24-28-15-10-8-11-16-28)47-39(54)34(25-29-17-12-9-13-18-29)48(6)40(55)33-19-14-21-49(33)41(56)57-42(3,4)5/h8-13,15-18,27,30-34H,14,19-26H2,1-7H3,(H2,43,51)(H,44,52)(H,45,50)(H,46,53)(H,47,54)/t30-,31-,32-,33-,34-/m0/s1. The van der Waals surface area contributed by atoms with Crippen molar-refractivity contribution in [3.63, 3.8) is 0 Å². The Kier molecular flexibility index (Phi) is 18.5. The maximum absolute atomic E-state index is 14.3. The van der Waals surface area contributed by atoms with Crippen LogP contribution in [0.15, 0.2) is 60.7 Å². The van der Waals surface area contributed by atoms with Crippen LogP contribution in [0.5, 0.6) is 0 Å². The van der Waals surface area contributed by atoms with Gasteiger partial charge in [-0.05, 0) is 75.5 Å². The van der Waals surface area contributed by atoms with Crippen LogP contribution < -0.4 is 27.0 Å². The quantitative estimate of drug-likeness (QED) is 0.133. The minimum Gasteiger partial charge on any atom is -0.444 e. The summed E-state index contributed by atoms with van der Waals surface area (Å²) in [7, 11) is 1.51. The van der Waals surface area contributed by atoms with E-state index in [9.17, 15) is 33.6 Å². The smallest absolute Gasteiger partial charge is 0.410 e. The normalized spacial score (nSPS) is 16.0. The van der Waals surface area contributed by atoms with Crippen molar-refractivity contribution in [3.05, 3.63) is 71.8 Å². The van der Waals surface area contributed by atoms with Crippen molar-refractivity contribution in [2.45, 2.75) is 109 Å². The summed E-state index contributed by atoms with van der Waals surface area (Å²) < 4.78 is 5.57. The number of thioether (sulfide) groups is 1. The molecule has 5 atom stereocenters. The highest BCUT2D eigenvalue weighted by Crippen LogP contribution is 2.24. The summed E-state index contributed by atoms with van der Waals surface area (Å²) in [4.78, 5) is 96.5. The van der Waals surface area contributed by atoms with E-state index in [1.807, 2.05) is 56.5 Å². The molecule has 318 valence electrons. The lowest BCUT2D eigenvalue weighted by Gasteiger charge is -2.34. The van der Waals surface area contributed by atoms with E-state index in [1.54, 1.807) is 45.0 Å². The Balaban J connectivity index is 1.82. The summed E-state index contributed by atoms with van der Waals surface area (Å²) in [6.45, 7) is 8.82. The zero-order chi connectivity index (χ0) is 43.0. The highest BCUT2D eigenvalue weighted by atomic mass is 32.2. The number of hydrogen-bond donors (Lipinski definition) is 5. The number of hydrogen-bond acceptors (Lipinski definition) is 9. The van der Waals surface area contributed by atoms with E-state index >= 15 is 0 Å². The number of primary amides is 1. The van der Waals surface area contributed by atoms with Crippen LogP contribution in [-0.2, 0) is 46.3 Å². The third kappa shape index (κ3) is 15.3. The molecule has 0 unspecified atom stereocenters. The second-order valence-corrected chi connectivity index (χ2v) is 16.9. The number of nitrogens with zero attached hydrogens (tertiary/aromatic N) is 2. The number of rotatable bonds is 20. The van der Waals surface area contributed by atoms with Gasteiger partial charge in [-0.25, -0.2) is 4.79 Å². The van der Waals surface area contributed by atoms with Gasteiger partial charge in [0, 0.05) is 26.4 Å². The van der Waals surface area contributed by atoms with E-state index in [-0.39, 0.29) is 25.2 Å². The van der Waals surface area contributed by atoms with Crippen molar-refractivity contribution in [3.8, 4) is 0 Å². The Morgan fingerprint density at radius 2 is 1.43 bits per heavy atom. The van der Waals surface area contributed by atoms with Crippen molar-refractivity contribution in [2.75, 3.05) is 32.1 Å². The van der Waals surface area contributed by atoms with E-state index in [1.165, 1.54) is 28.6 Å². The molecule has 0 aliphatic carbocycles. The van der Waals surface area contributed by atoms with Crippen molar-refractivity contribution >= 4 is 53.3 Å². The summed E-state index contributed by atoms with van der Waals surface area (Å²) >= 11 is 1.50. The molecule has 3 rings (SSSR count). The Hall–Kier alpha value is -5.12. The summed E-state index contributed by atoms with van der Waals surface area (Å²) in [5, 5.41) is 10.8. The maximum Gasteiger partial charge on any atom is 0.410 e. The fourth-order valence-corrected chi connectivity index (χ4v) is 7.02. The Bertz CT molecular complexity index is 1710. The van der Waals surface area contributed by atoms with Gasteiger partial charge in [-0.3, -0.25) is 33.7 Å². The molecule has 1 saturated heterocycles. The van der Waals surface area contributed by atoms with Crippen molar-refractivity contribution in [1.29, 1.82) is 0 Å². The van der Waals surface area contributed by atoms with Gasteiger partial charge < -0.3 is 36.6 Å². The lowest BCUT2D eigenvalue weighted by Crippen LogP contribution is -2.58. The minimum absolute atomic E-state index is 0.00257. The first-order valence-corrected chi connectivity index (χ1v) is 21.1. The van der Waals surface area contributed by atoms with Crippen LogP contribution in [0.1, 0.15) is 71.4 Å². The van der Waals surface area contributed by atoms with Crippen LogP contribution >= 0.6 is 11.8 Å². The van der Waals surface area contributed by atoms with E-state index in [4.69, 9.17) is 10.5 Å². The molecule has 1 aliphatic heterocycles. The molecule has 0 bridgehead atoms. The molecule has 2 aromatic rings. The molecule has 0 radical (unpaired) electrons. The van der Waals surface area contributed by atoms with Gasteiger partial charge in [0.1, 0.15) is 35.8 Å². The Labute approximate surface area is 346 Å². The lowest BCUT2D eigenvalue weighted by molar-refractivity contribution is -0.143. The van der Waals surface area contributed by atoms with Gasteiger partial charge in [0.2, 0.25) is 35.4 Å². The predicted octanol–water partition coefficient (Wildman–Crippen LogP) is 2.55. The second-order valence-electron chi connectivity index (χ2n) is 15.9. The zero-order valence-corrected chi connectivity index (χ0v) is 35.6. The predicted molar refractivity (Wildman–Crippen MR) is 223 cm³/mol. The second kappa shape index (κ2) is 22.7.